The molecule has 0 fully saturated rings. The Morgan fingerprint density at radius 2 is 2.18 bits per heavy atom. The summed E-state index contributed by atoms with van der Waals surface area (Å²) in [6.45, 7) is 4.92. The summed E-state index contributed by atoms with van der Waals surface area (Å²) in [7, 11) is 0. The number of anilines is 1. The molecule has 1 aromatic carbocycles. The number of aliphatic hydroxyl groups excluding tert-OH is 2. The first-order valence-corrected chi connectivity index (χ1v) is 5.72. The minimum Gasteiger partial charge on any atom is -0.395 e. The first-order valence-electron chi connectivity index (χ1n) is 5.72. The molecule has 0 aliphatic rings. The van der Waals surface area contributed by atoms with Gasteiger partial charge in [0.15, 0.2) is 0 Å². The third kappa shape index (κ3) is 3.19. The molecule has 92 valence electrons. The lowest BCUT2D eigenvalue weighted by atomic mass is 10.0. The lowest BCUT2D eigenvalue weighted by Crippen LogP contribution is -2.27. The largest absolute Gasteiger partial charge is 0.395 e. The van der Waals surface area contributed by atoms with Crippen molar-refractivity contribution in [3.05, 3.63) is 29.3 Å². The summed E-state index contributed by atoms with van der Waals surface area (Å²) in [5.41, 5.74) is 2.15. The molecule has 2 N–H and O–H groups in total. The minimum atomic E-state index is -0.592. The van der Waals surface area contributed by atoms with Gasteiger partial charge in [0.25, 0.3) is 0 Å². The fourth-order valence-corrected chi connectivity index (χ4v) is 1.81. The summed E-state index contributed by atoms with van der Waals surface area (Å²) < 4.78 is 0. The Balaban J connectivity index is 3.20. The van der Waals surface area contributed by atoms with Crippen molar-refractivity contribution in [1.29, 1.82) is 5.26 Å². The molecule has 0 aliphatic carbocycles. The standard InChI is InChI=1S/C13H18N2O2/c1-3-15(6-7-16)13-8-11(9-14)4-5-12(13)10(2)17/h4-5,8,10,16-17H,3,6-7H2,1-2H3. The van der Waals surface area contributed by atoms with E-state index in [1.807, 2.05) is 11.8 Å². The Hall–Kier alpha value is -1.57. The van der Waals surface area contributed by atoms with E-state index in [0.29, 0.717) is 12.1 Å². The van der Waals surface area contributed by atoms with Gasteiger partial charge in [0.2, 0.25) is 0 Å². The Morgan fingerprint density at radius 3 is 2.65 bits per heavy atom. The van der Waals surface area contributed by atoms with Crippen LogP contribution in [-0.2, 0) is 0 Å². The fourth-order valence-electron chi connectivity index (χ4n) is 1.81. The van der Waals surface area contributed by atoms with Gasteiger partial charge in [-0.2, -0.15) is 5.26 Å². The molecule has 4 nitrogen and oxygen atoms in total. The lowest BCUT2D eigenvalue weighted by molar-refractivity contribution is 0.199. The molecule has 0 bridgehead atoms. The zero-order valence-corrected chi connectivity index (χ0v) is 10.2. The predicted molar refractivity (Wildman–Crippen MR) is 66.8 cm³/mol. The van der Waals surface area contributed by atoms with Gasteiger partial charge >= 0.3 is 0 Å². The smallest absolute Gasteiger partial charge is 0.0992 e. The zero-order valence-electron chi connectivity index (χ0n) is 10.2. The van der Waals surface area contributed by atoms with E-state index in [4.69, 9.17) is 10.4 Å². The Kier molecular flexibility index (Phi) is 4.95. The van der Waals surface area contributed by atoms with Gasteiger partial charge in [-0.15, -0.1) is 0 Å². The van der Waals surface area contributed by atoms with Gasteiger partial charge in [0, 0.05) is 24.3 Å². The highest BCUT2D eigenvalue weighted by Crippen LogP contribution is 2.27. The lowest BCUT2D eigenvalue weighted by Gasteiger charge is -2.26. The van der Waals surface area contributed by atoms with Crippen LogP contribution in [0.15, 0.2) is 18.2 Å². The predicted octanol–water partition coefficient (Wildman–Crippen LogP) is 1.43. The average molecular weight is 234 g/mol. The molecule has 1 unspecified atom stereocenters. The molecule has 0 radical (unpaired) electrons. The maximum Gasteiger partial charge on any atom is 0.0992 e. The van der Waals surface area contributed by atoms with Crippen LogP contribution in [0.3, 0.4) is 0 Å². The van der Waals surface area contributed by atoms with Gasteiger partial charge in [0.05, 0.1) is 24.3 Å². The second-order valence-corrected chi connectivity index (χ2v) is 3.86. The van der Waals surface area contributed by atoms with Crippen LogP contribution < -0.4 is 4.90 Å². The van der Waals surface area contributed by atoms with Crippen LogP contribution in [0.25, 0.3) is 0 Å². The third-order valence-corrected chi connectivity index (χ3v) is 2.70. The van der Waals surface area contributed by atoms with E-state index in [0.717, 1.165) is 17.8 Å². The van der Waals surface area contributed by atoms with Crippen molar-refractivity contribution >= 4 is 5.69 Å². The molecule has 0 saturated carbocycles. The fraction of sp³-hybridized carbons (Fsp3) is 0.462. The normalized spacial score (nSPS) is 11.9. The summed E-state index contributed by atoms with van der Waals surface area (Å²) in [6, 6.07) is 7.29. The van der Waals surface area contributed by atoms with Crippen molar-refractivity contribution < 1.29 is 10.2 Å². The van der Waals surface area contributed by atoms with E-state index >= 15 is 0 Å². The highest BCUT2D eigenvalue weighted by molar-refractivity contribution is 5.58. The number of hydrogen-bond donors (Lipinski definition) is 2. The molecule has 0 spiro atoms. The quantitative estimate of drug-likeness (QED) is 0.808. The molecule has 4 heteroatoms. The van der Waals surface area contributed by atoms with Crippen molar-refractivity contribution in [2.24, 2.45) is 0 Å². The molecule has 0 saturated heterocycles. The Labute approximate surface area is 102 Å². The van der Waals surface area contributed by atoms with Crippen LogP contribution in [0.4, 0.5) is 5.69 Å². The molecule has 0 heterocycles. The van der Waals surface area contributed by atoms with Crippen LogP contribution in [-0.4, -0.2) is 29.9 Å². The third-order valence-electron chi connectivity index (χ3n) is 2.70. The van der Waals surface area contributed by atoms with E-state index in [1.165, 1.54) is 0 Å². The number of nitriles is 1. The maximum absolute atomic E-state index is 9.71. The maximum atomic E-state index is 9.71. The van der Waals surface area contributed by atoms with Crippen LogP contribution in [0.5, 0.6) is 0 Å². The molecular weight excluding hydrogens is 216 g/mol. The van der Waals surface area contributed by atoms with Gasteiger partial charge in [0.1, 0.15) is 0 Å². The zero-order chi connectivity index (χ0) is 12.8. The number of likely N-dealkylation sites (N-methyl/N-ethyl adjacent to an activating group) is 1. The molecule has 1 aromatic rings. The SMILES string of the molecule is CCN(CCO)c1cc(C#N)ccc1C(C)O. The molecule has 17 heavy (non-hydrogen) atoms. The molecule has 0 aromatic heterocycles. The average Bonchev–Trinajstić information content (AvgIpc) is 2.35. The first kappa shape index (κ1) is 13.5. The van der Waals surface area contributed by atoms with Crippen LogP contribution in [0, 0.1) is 11.3 Å². The number of hydrogen-bond acceptors (Lipinski definition) is 4. The number of aliphatic hydroxyl groups is 2. The van der Waals surface area contributed by atoms with E-state index in [2.05, 4.69) is 6.07 Å². The molecular formula is C13H18N2O2. The molecule has 0 aliphatic heterocycles. The highest BCUT2D eigenvalue weighted by Gasteiger charge is 2.13. The van der Waals surface area contributed by atoms with Crippen LogP contribution in [0.1, 0.15) is 31.1 Å². The minimum absolute atomic E-state index is 0.0455. The highest BCUT2D eigenvalue weighted by atomic mass is 16.3. The number of rotatable bonds is 5. The summed E-state index contributed by atoms with van der Waals surface area (Å²) in [4.78, 5) is 1.95. The van der Waals surface area contributed by atoms with Crippen molar-refractivity contribution in [1.82, 2.24) is 0 Å². The van der Waals surface area contributed by atoms with E-state index in [9.17, 15) is 5.11 Å². The Bertz CT molecular complexity index is 410. The molecule has 1 rings (SSSR count). The van der Waals surface area contributed by atoms with Gasteiger partial charge in [-0.25, -0.2) is 0 Å². The summed E-state index contributed by atoms with van der Waals surface area (Å²) in [5, 5.41) is 27.6. The first-order chi connectivity index (χ1) is 8.13. The van der Waals surface area contributed by atoms with E-state index in [1.54, 1.807) is 25.1 Å². The summed E-state index contributed by atoms with van der Waals surface area (Å²) in [5.74, 6) is 0. The van der Waals surface area contributed by atoms with Crippen molar-refractivity contribution in [2.45, 2.75) is 20.0 Å². The Morgan fingerprint density at radius 1 is 1.47 bits per heavy atom. The molecule has 0 amide bonds. The molecule has 1 atom stereocenters. The monoisotopic (exact) mass is 234 g/mol. The summed E-state index contributed by atoms with van der Waals surface area (Å²) in [6.07, 6.45) is -0.592. The second kappa shape index (κ2) is 6.24. The number of benzene rings is 1. The van der Waals surface area contributed by atoms with Crippen molar-refractivity contribution in [2.75, 3.05) is 24.6 Å². The summed E-state index contributed by atoms with van der Waals surface area (Å²) >= 11 is 0. The number of nitrogens with zero attached hydrogens (tertiary/aromatic N) is 2. The topological polar surface area (TPSA) is 67.5 Å². The van der Waals surface area contributed by atoms with E-state index in [-0.39, 0.29) is 6.61 Å². The van der Waals surface area contributed by atoms with Crippen LogP contribution in [0.2, 0.25) is 0 Å². The van der Waals surface area contributed by atoms with Crippen molar-refractivity contribution in [3.8, 4) is 6.07 Å². The van der Waals surface area contributed by atoms with Crippen molar-refractivity contribution in [3.63, 3.8) is 0 Å². The van der Waals surface area contributed by atoms with Gasteiger partial charge in [-0.1, -0.05) is 6.07 Å². The van der Waals surface area contributed by atoms with Gasteiger partial charge in [-0.3, -0.25) is 0 Å². The second-order valence-electron chi connectivity index (χ2n) is 3.86. The van der Waals surface area contributed by atoms with E-state index < -0.39 is 6.10 Å². The van der Waals surface area contributed by atoms with Gasteiger partial charge in [-0.05, 0) is 26.0 Å². The van der Waals surface area contributed by atoms with Crippen LogP contribution >= 0.6 is 0 Å². The van der Waals surface area contributed by atoms with Gasteiger partial charge < -0.3 is 15.1 Å².